The molecule has 0 radical (unpaired) electrons. The second-order valence-corrected chi connectivity index (χ2v) is 4.53. The Morgan fingerprint density at radius 1 is 1.40 bits per heavy atom. The van der Waals surface area contributed by atoms with Gasteiger partial charge in [-0.2, -0.15) is 5.10 Å². The maximum Gasteiger partial charge on any atom is 0.203 e. The quantitative estimate of drug-likeness (QED) is 0.437. The summed E-state index contributed by atoms with van der Waals surface area (Å²) in [6, 6.07) is 3.59. The second-order valence-electron chi connectivity index (χ2n) is 4.53. The zero-order valence-corrected chi connectivity index (χ0v) is 11.4. The van der Waals surface area contributed by atoms with Gasteiger partial charge in [0.1, 0.15) is 11.1 Å². The van der Waals surface area contributed by atoms with Gasteiger partial charge in [-0.05, 0) is 37.1 Å². The van der Waals surface area contributed by atoms with E-state index in [1.165, 1.54) is 6.21 Å². The first kappa shape index (κ1) is 14.1. The van der Waals surface area contributed by atoms with Crippen molar-refractivity contribution in [3.8, 4) is 0 Å². The Morgan fingerprint density at radius 3 is 2.80 bits per heavy atom. The lowest BCUT2D eigenvalue weighted by molar-refractivity contribution is 0.294. The van der Waals surface area contributed by atoms with E-state index in [1.54, 1.807) is 12.1 Å². The Kier molecular flexibility index (Phi) is 4.05. The van der Waals surface area contributed by atoms with Crippen molar-refractivity contribution >= 4 is 23.1 Å². The first-order chi connectivity index (χ1) is 9.54. The fourth-order valence-corrected chi connectivity index (χ4v) is 1.83. The molecule has 4 N–H and O–H groups in total. The van der Waals surface area contributed by atoms with Crippen molar-refractivity contribution in [1.29, 1.82) is 0 Å². The number of hydrogen-bond acceptors (Lipinski definition) is 6. The van der Waals surface area contributed by atoms with Gasteiger partial charge < -0.3 is 20.7 Å². The van der Waals surface area contributed by atoms with Crippen LogP contribution in [0.25, 0.3) is 11.0 Å². The summed E-state index contributed by atoms with van der Waals surface area (Å²) in [7, 11) is 0. The number of benzene rings is 1. The third-order valence-electron chi connectivity index (χ3n) is 3.08. The summed E-state index contributed by atoms with van der Waals surface area (Å²) in [4.78, 5) is 12.4. The number of aryl methyl sites for hydroxylation is 2. The molecule has 0 saturated heterocycles. The molecule has 0 aliphatic rings. The molecule has 0 amide bonds. The number of anilines is 1. The molecule has 1 aromatic heterocycles. The molecule has 2 rings (SSSR count). The molecule has 0 bridgehead atoms. The molecule has 0 unspecified atom stereocenters. The van der Waals surface area contributed by atoms with Gasteiger partial charge in [-0.25, -0.2) is 0 Å². The normalized spacial score (nSPS) is 11.3. The number of nitrogens with two attached hydrogens (primary N) is 1. The number of fused-ring (bicyclic) bond motifs is 1. The molecule has 6 nitrogen and oxygen atoms in total. The van der Waals surface area contributed by atoms with Crippen molar-refractivity contribution in [3.05, 3.63) is 39.0 Å². The van der Waals surface area contributed by atoms with Crippen LogP contribution in [0.4, 0.5) is 5.88 Å². The number of nitrogens with zero attached hydrogens (tertiary/aromatic N) is 1. The molecule has 0 aliphatic heterocycles. The first-order valence-corrected chi connectivity index (χ1v) is 6.25. The van der Waals surface area contributed by atoms with Crippen LogP contribution in [-0.2, 0) is 0 Å². The van der Waals surface area contributed by atoms with Crippen molar-refractivity contribution in [3.63, 3.8) is 0 Å². The monoisotopic (exact) mass is 275 g/mol. The summed E-state index contributed by atoms with van der Waals surface area (Å²) in [5.74, 6) is 0.0281. The van der Waals surface area contributed by atoms with Gasteiger partial charge in [-0.1, -0.05) is 0 Å². The topological polar surface area (TPSA) is 101 Å². The third-order valence-corrected chi connectivity index (χ3v) is 3.08. The summed E-state index contributed by atoms with van der Waals surface area (Å²) < 4.78 is 5.48. The molecular weight excluding hydrogens is 258 g/mol. The highest BCUT2D eigenvalue weighted by Gasteiger charge is 2.11. The zero-order chi connectivity index (χ0) is 14.7. The summed E-state index contributed by atoms with van der Waals surface area (Å²) in [6.07, 6.45) is 1.31. The fourth-order valence-electron chi connectivity index (χ4n) is 1.83. The van der Waals surface area contributed by atoms with Gasteiger partial charge in [-0.3, -0.25) is 4.79 Å². The van der Waals surface area contributed by atoms with E-state index in [1.807, 2.05) is 13.8 Å². The third kappa shape index (κ3) is 2.65. The van der Waals surface area contributed by atoms with Crippen molar-refractivity contribution in [2.24, 2.45) is 5.10 Å². The number of nitrogens with one attached hydrogen (secondary N) is 1. The van der Waals surface area contributed by atoms with E-state index < -0.39 is 0 Å². The van der Waals surface area contributed by atoms with Crippen molar-refractivity contribution in [2.45, 2.75) is 13.8 Å². The van der Waals surface area contributed by atoms with E-state index in [0.717, 1.165) is 11.1 Å². The number of nitrogen functional groups attached to an aromatic ring is 1. The minimum Gasteiger partial charge on any atom is -0.440 e. The average molecular weight is 275 g/mol. The van der Waals surface area contributed by atoms with E-state index in [-0.39, 0.29) is 23.5 Å². The SMILES string of the molecule is Cc1cc2oc(N)c(/C=N/NCCO)c(=O)c2cc1C. The standard InChI is InChI=1S/C14H17N3O3/c1-8-5-10-12(6-9(8)2)20-14(15)11(13(10)19)7-17-16-3-4-18/h5-7,16,18H,3-4,15H2,1-2H3/b17-7+. The van der Waals surface area contributed by atoms with Gasteiger partial charge in [0.25, 0.3) is 0 Å². The van der Waals surface area contributed by atoms with E-state index in [9.17, 15) is 4.79 Å². The fraction of sp³-hybridized carbons (Fsp3) is 0.286. The predicted molar refractivity (Wildman–Crippen MR) is 79.1 cm³/mol. The number of rotatable bonds is 4. The minimum absolute atomic E-state index is 0.0281. The lowest BCUT2D eigenvalue weighted by atomic mass is 10.1. The van der Waals surface area contributed by atoms with E-state index in [0.29, 0.717) is 17.5 Å². The van der Waals surface area contributed by atoms with Gasteiger partial charge in [-0.15, -0.1) is 0 Å². The average Bonchev–Trinajstić information content (AvgIpc) is 2.40. The van der Waals surface area contributed by atoms with Crippen LogP contribution >= 0.6 is 0 Å². The minimum atomic E-state index is -0.221. The predicted octanol–water partition coefficient (Wildman–Crippen LogP) is 0.908. The van der Waals surface area contributed by atoms with Gasteiger partial charge in [0.15, 0.2) is 0 Å². The maximum absolute atomic E-state index is 12.4. The molecule has 20 heavy (non-hydrogen) atoms. The zero-order valence-electron chi connectivity index (χ0n) is 11.4. The molecule has 0 spiro atoms. The first-order valence-electron chi connectivity index (χ1n) is 6.25. The van der Waals surface area contributed by atoms with E-state index >= 15 is 0 Å². The molecule has 1 aromatic carbocycles. The van der Waals surface area contributed by atoms with Crippen LogP contribution in [0.3, 0.4) is 0 Å². The van der Waals surface area contributed by atoms with Crippen LogP contribution in [0.15, 0.2) is 26.4 Å². The van der Waals surface area contributed by atoms with Crippen LogP contribution in [0, 0.1) is 13.8 Å². The van der Waals surface area contributed by atoms with Crippen LogP contribution in [-0.4, -0.2) is 24.5 Å². The summed E-state index contributed by atoms with van der Waals surface area (Å²) in [6.45, 7) is 4.13. The number of hydrogen-bond donors (Lipinski definition) is 3. The van der Waals surface area contributed by atoms with Gasteiger partial charge in [0, 0.05) is 0 Å². The molecule has 106 valence electrons. The lowest BCUT2D eigenvalue weighted by Gasteiger charge is -2.06. The highest BCUT2D eigenvalue weighted by molar-refractivity contribution is 5.91. The Bertz CT molecular complexity index is 720. The Labute approximate surface area is 115 Å². The molecule has 2 aromatic rings. The van der Waals surface area contributed by atoms with E-state index in [2.05, 4.69) is 10.5 Å². The molecule has 1 heterocycles. The summed E-state index contributed by atoms with van der Waals surface area (Å²) in [5.41, 5.74) is 10.8. The van der Waals surface area contributed by atoms with Crippen LogP contribution in [0.5, 0.6) is 0 Å². The van der Waals surface area contributed by atoms with Crippen LogP contribution < -0.4 is 16.6 Å². The molecule has 0 aliphatic carbocycles. The van der Waals surface area contributed by atoms with Gasteiger partial charge in [0.05, 0.1) is 24.8 Å². The molecule has 0 saturated carbocycles. The number of aliphatic hydroxyl groups excluding tert-OH is 1. The van der Waals surface area contributed by atoms with Crippen molar-refractivity contribution < 1.29 is 9.52 Å². The van der Waals surface area contributed by atoms with Crippen LogP contribution in [0.1, 0.15) is 16.7 Å². The molecule has 0 fully saturated rings. The second kappa shape index (κ2) is 5.75. The summed E-state index contributed by atoms with van der Waals surface area (Å²) in [5, 5.41) is 12.9. The van der Waals surface area contributed by atoms with Gasteiger partial charge in [0.2, 0.25) is 11.3 Å². The van der Waals surface area contributed by atoms with Crippen molar-refractivity contribution in [1.82, 2.24) is 5.43 Å². The summed E-state index contributed by atoms with van der Waals surface area (Å²) >= 11 is 0. The maximum atomic E-state index is 12.4. The molecule has 6 heteroatoms. The Balaban J connectivity index is 2.54. The largest absolute Gasteiger partial charge is 0.440 e. The Hall–Kier alpha value is -2.34. The lowest BCUT2D eigenvalue weighted by Crippen LogP contribution is -2.16. The van der Waals surface area contributed by atoms with Crippen LogP contribution in [0.2, 0.25) is 0 Å². The smallest absolute Gasteiger partial charge is 0.203 e. The van der Waals surface area contributed by atoms with Gasteiger partial charge >= 0.3 is 0 Å². The Morgan fingerprint density at radius 2 is 2.10 bits per heavy atom. The van der Waals surface area contributed by atoms with E-state index in [4.69, 9.17) is 15.3 Å². The number of aliphatic hydroxyl groups is 1. The molecular formula is C14H17N3O3. The highest BCUT2D eigenvalue weighted by Crippen LogP contribution is 2.20. The molecule has 0 atom stereocenters. The highest BCUT2D eigenvalue weighted by atomic mass is 16.3. The van der Waals surface area contributed by atoms with Crippen molar-refractivity contribution in [2.75, 3.05) is 18.9 Å². The number of hydrazone groups is 1.